The second-order valence-corrected chi connectivity index (χ2v) is 8.90. The molecule has 8 nitrogen and oxygen atoms in total. The monoisotopic (exact) mass is 457 g/mol. The van der Waals surface area contributed by atoms with Crippen molar-refractivity contribution in [3.63, 3.8) is 0 Å². The summed E-state index contributed by atoms with van der Waals surface area (Å²) in [6.45, 7) is 7.47. The molecule has 0 unspecified atom stereocenters. The highest BCUT2D eigenvalue weighted by Gasteiger charge is 2.38. The Morgan fingerprint density at radius 3 is 2.29 bits per heavy atom. The number of hydrogen-bond acceptors (Lipinski definition) is 6. The topological polar surface area (TPSA) is 106 Å². The van der Waals surface area contributed by atoms with Gasteiger partial charge in [0.25, 0.3) is 17.7 Å². The van der Waals surface area contributed by atoms with Crippen molar-refractivity contribution in [1.29, 1.82) is 0 Å². The number of rotatable bonds is 4. The van der Waals surface area contributed by atoms with E-state index >= 15 is 0 Å². The first-order chi connectivity index (χ1) is 16.1. The smallest absolute Gasteiger partial charge is 0.308 e. The van der Waals surface area contributed by atoms with E-state index < -0.39 is 23.7 Å². The Labute approximate surface area is 196 Å². The van der Waals surface area contributed by atoms with Gasteiger partial charge in [0.1, 0.15) is 5.69 Å². The molecule has 0 atom stereocenters. The SMILES string of the molecule is CC(=O)Oc1cc(N2C(=O)c3cccnc3C2=O)ccc1NC(=O)c1ccc(C(C)(C)C)cc1. The number of benzene rings is 2. The molecule has 0 saturated heterocycles. The van der Waals surface area contributed by atoms with E-state index in [0.717, 1.165) is 10.5 Å². The quantitative estimate of drug-likeness (QED) is 0.355. The second-order valence-electron chi connectivity index (χ2n) is 8.90. The number of aromatic nitrogens is 1. The molecule has 8 heteroatoms. The molecular formula is C26H23N3O5. The summed E-state index contributed by atoms with van der Waals surface area (Å²) >= 11 is 0. The van der Waals surface area contributed by atoms with Crippen LogP contribution >= 0.6 is 0 Å². The van der Waals surface area contributed by atoms with Crippen LogP contribution in [0.1, 0.15) is 64.5 Å². The predicted molar refractivity (Wildman–Crippen MR) is 126 cm³/mol. The minimum absolute atomic E-state index is 0.00850. The fraction of sp³-hybridized carbons (Fsp3) is 0.192. The molecule has 1 aliphatic rings. The van der Waals surface area contributed by atoms with Crippen LogP contribution in [-0.2, 0) is 10.2 Å². The normalized spacial score (nSPS) is 13.0. The number of anilines is 2. The number of hydrogen-bond donors (Lipinski definition) is 1. The van der Waals surface area contributed by atoms with E-state index in [9.17, 15) is 19.2 Å². The number of ether oxygens (including phenoxy) is 1. The summed E-state index contributed by atoms with van der Waals surface area (Å²) in [7, 11) is 0. The molecule has 34 heavy (non-hydrogen) atoms. The molecule has 0 spiro atoms. The maximum Gasteiger partial charge on any atom is 0.308 e. The molecule has 1 aromatic heterocycles. The first-order valence-corrected chi connectivity index (χ1v) is 10.6. The average Bonchev–Trinajstić information content (AvgIpc) is 3.04. The molecule has 0 aliphatic carbocycles. The van der Waals surface area contributed by atoms with Gasteiger partial charge in [-0.3, -0.25) is 24.2 Å². The first-order valence-electron chi connectivity index (χ1n) is 10.6. The van der Waals surface area contributed by atoms with Crippen molar-refractivity contribution in [2.45, 2.75) is 33.1 Å². The predicted octanol–water partition coefficient (Wildman–Crippen LogP) is 4.36. The minimum atomic E-state index is -0.619. The Bertz CT molecular complexity index is 1290. The summed E-state index contributed by atoms with van der Waals surface area (Å²) in [4.78, 5) is 55.0. The largest absolute Gasteiger partial charge is 0.424 e. The zero-order valence-electron chi connectivity index (χ0n) is 19.2. The second kappa shape index (κ2) is 8.55. The molecule has 0 saturated carbocycles. The summed E-state index contributed by atoms with van der Waals surface area (Å²) in [6.07, 6.45) is 1.43. The first kappa shape index (κ1) is 22.8. The van der Waals surface area contributed by atoms with Crippen LogP contribution < -0.4 is 15.0 Å². The Morgan fingerprint density at radius 1 is 0.971 bits per heavy atom. The number of amides is 3. The van der Waals surface area contributed by atoms with Crippen LogP contribution in [0.25, 0.3) is 0 Å². The molecule has 3 aromatic rings. The lowest BCUT2D eigenvalue weighted by atomic mass is 9.87. The fourth-order valence-corrected chi connectivity index (χ4v) is 3.61. The third kappa shape index (κ3) is 4.30. The molecule has 0 bridgehead atoms. The highest BCUT2D eigenvalue weighted by atomic mass is 16.5. The van der Waals surface area contributed by atoms with Crippen LogP contribution in [0.2, 0.25) is 0 Å². The van der Waals surface area contributed by atoms with Gasteiger partial charge < -0.3 is 10.1 Å². The number of carbonyl (C=O) groups is 4. The van der Waals surface area contributed by atoms with Gasteiger partial charge in [-0.2, -0.15) is 0 Å². The van der Waals surface area contributed by atoms with Gasteiger partial charge in [0.2, 0.25) is 0 Å². The van der Waals surface area contributed by atoms with E-state index in [1.807, 2.05) is 12.1 Å². The van der Waals surface area contributed by atoms with Gasteiger partial charge in [0, 0.05) is 24.8 Å². The van der Waals surface area contributed by atoms with Crippen LogP contribution in [0.4, 0.5) is 11.4 Å². The number of esters is 1. The Kier molecular flexibility index (Phi) is 5.75. The summed E-state index contributed by atoms with van der Waals surface area (Å²) in [5, 5.41) is 2.73. The van der Waals surface area contributed by atoms with E-state index in [4.69, 9.17) is 4.74 Å². The van der Waals surface area contributed by atoms with Gasteiger partial charge in [-0.05, 0) is 47.4 Å². The molecule has 1 aliphatic heterocycles. The maximum absolute atomic E-state index is 12.8. The van der Waals surface area contributed by atoms with Crippen LogP contribution in [0.5, 0.6) is 5.75 Å². The van der Waals surface area contributed by atoms with Gasteiger partial charge in [-0.1, -0.05) is 32.9 Å². The maximum atomic E-state index is 12.8. The molecule has 3 amide bonds. The number of carbonyl (C=O) groups excluding carboxylic acids is 4. The molecule has 0 fully saturated rings. The number of fused-ring (bicyclic) bond motifs is 1. The van der Waals surface area contributed by atoms with Gasteiger partial charge in [0.05, 0.1) is 16.9 Å². The zero-order chi connectivity index (χ0) is 24.6. The van der Waals surface area contributed by atoms with Crippen molar-refractivity contribution < 1.29 is 23.9 Å². The van der Waals surface area contributed by atoms with Crippen LogP contribution in [-0.4, -0.2) is 28.7 Å². The van der Waals surface area contributed by atoms with Gasteiger partial charge >= 0.3 is 5.97 Å². The summed E-state index contributed by atoms with van der Waals surface area (Å²) in [5.74, 6) is -2.12. The number of imide groups is 1. The minimum Gasteiger partial charge on any atom is -0.424 e. The highest BCUT2D eigenvalue weighted by Crippen LogP contribution is 2.34. The molecule has 4 rings (SSSR count). The van der Waals surface area contributed by atoms with Crippen molar-refractivity contribution in [2.75, 3.05) is 10.2 Å². The van der Waals surface area contributed by atoms with Crippen LogP contribution in [0.15, 0.2) is 60.8 Å². The lowest BCUT2D eigenvalue weighted by Crippen LogP contribution is -2.29. The van der Waals surface area contributed by atoms with Crippen molar-refractivity contribution in [3.8, 4) is 5.75 Å². The van der Waals surface area contributed by atoms with Crippen LogP contribution in [0.3, 0.4) is 0 Å². The fourth-order valence-electron chi connectivity index (χ4n) is 3.61. The van der Waals surface area contributed by atoms with E-state index in [1.165, 1.54) is 37.4 Å². The summed E-state index contributed by atoms with van der Waals surface area (Å²) in [5.41, 5.74) is 2.12. The molecule has 172 valence electrons. The highest BCUT2D eigenvalue weighted by molar-refractivity contribution is 6.33. The van der Waals surface area contributed by atoms with Crippen LogP contribution in [0, 0.1) is 0 Å². The molecule has 0 radical (unpaired) electrons. The molecule has 2 aromatic carbocycles. The third-order valence-corrected chi connectivity index (χ3v) is 5.39. The van der Waals surface area contributed by atoms with Gasteiger partial charge in [-0.15, -0.1) is 0 Å². The van der Waals surface area contributed by atoms with E-state index in [-0.39, 0.29) is 33.8 Å². The molecule has 2 heterocycles. The van der Waals surface area contributed by atoms with Gasteiger partial charge in [0.15, 0.2) is 5.75 Å². The van der Waals surface area contributed by atoms with E-state index in [2.05, 4.69) is 31.1 Å². The van der Waals surface area contributed by atoms with Gasteiger partial charge in [-0.25, -0.2) is 4.90 Å². The van der Waals surface area contributed by atoms with Crippen molar-refractivity contribution >= 4 is 35.1 Å². The van der Waals surface area contributed by atoms with E-state index in [1.54, 1.807) is 18.2 Å². The Hall–Kier alpha value is -4.33. The standard InChI is InChI=1S/C26H23N3O5/c1-15(30)34-21-14-18(29-24(32)19-6-5-13-27-22(19)25(29)33)11-12-20(21)28-23(31)16-7-9-17(10-8-16)26(2,3)4/h5-14H,1-4H3,(H,28,31). The average molecular weight is 457 g/mol. The number of pyridine rings is 1. The van der Waals surface area contributed by atoms with E-state index in [0.29, 0.717) is 5.56 Å². The zero-order valence-corrected chi connectivity index (χ0v) is 19.2. The Morgan fingerprint density at radius 2 is 1.68 bits per heavy atom. The summed E-state index contributed by atoms with van der Waals surface area (Å²) in [6, 6.07) is 14.7. The summed E-state index contributed by atoms with van der Waals surface area (Å²) < 4.78 is 5.28. The number of nitrogens with one attached hydrogen (secondary N) is 1. The molecular weight excluding hydrogens is 434 g/mol. The Balaban J connectivity index is 1.63. The van der Waals surface area contributed by atoms with Crippen molar-refractivity contribution in [2.24, 2.45) is 0 Å². The number of nitrogens with zero attached hydrogens (tertiary/aromatic N) is 2. The lowest BCUT2D eigenvalue weighted by Gasteiger charge is -2.19. The lowest BCUT2D eigenvalue weighted by molar-refractivity contribution is -0.131. The molecule has 1 N–H and O–H groups in total. The van der Waals surface area contributed by atoms with Crippen molar-refractivity contribution in [1.82, 2.24) is 4.98 Å². The van der Waals surface area contributed by atoms with Crippen molar-refractivity contribution in [3.05, 3.63) is 83.2 Å². The third-order valence-electron chi connectivity index (χ3n) is 5.39.